The van der Waals surface area contributed by atoms with Gasteiger partial charge in [0.1, 0.15) is 0 Å². The maximum absolute atomic E-state index is 2.36. The standard InChI is InChI=1S/C27H48N/c1-4-5-6-7-8-9-10-11-12-13-14-15-16-20-25-28(2,3)26-21-24-27-22-18-17-19-23-27/h17-19,21-24H,4-16,20,25-26H2,1-3H3/q+1. The van der Waals surface area contributed by atoms with E-state index in [2.05, 4.69) is 63.5 Å². The Morgan fingerprint density at radius 3 is 1.61 bits per heavy atom. The summed E-state index contributed by atoms with van der Waals surface area (Å²) in [4.78, 5) is 0. The third-order valence-electron chi connectivity index (χ3n) is 5.83. The van der Waals surface area contributed by atoms with Crippen molar-refractivity contribution in [2.45, 2.75) is 96.8 Å². The highest BCUT2D eigenvalue weighted by molar-refractivity contribution is 5.48. The molecule has 1 nitrogen and oxygen atoms in total. The minimum Gasteiger partial charge on any atom is -0.325 e. The molecule has 160 valence electrons. The highest BCUT2D eigenvalue weighted by Gasteiger charge is 2.11. The van der Waals surface area contributed by atoms with Gasteiger partial charge in [0.15, 0.2) is 0 Å². The fraction of sp³-hybridized carbons (Fsp3) is 0.704. The molecule has 0 aliphatic heterocycles. The fourth-order valence-electron chi connectivity index (χ4n) is 3.86. The Hall–Kier alpha value is -1.08. The van der Waals surface area contributed by atoms with Gasteiger partial charge in [-0.3, -0.25) is 0 Å². The molecule has 1 aromatic carbocycles. The fourth-order valence-corrected chi connectivity index (χ4v) is 3.86. The first-order valence-corrected chi connectivity index (χ1v) is 12.2. The van der Waals surface area contributed by atoms with Gasteiger partial charge in [-0.05, 0) is 24.5 Å². The van der Waals surface area contributed by atoms with Crippen LogP contribution in [0.25, 0.3) is 6.08 Å². The third kappa shape index (κ3) is 14.9. The zero-order chi connectivity index (χ0) is 20.3. The number of benzene rings is 1. The Kier molecular flexibility index (Phi) is 15.0. The lowest BCUT2D eigenvalue weighted by Gasteiger charge is -2.28. The zero-order valence-electron chi connectivity index (χ0n) is 19.3. The van der Waals surface area contributed by atoms with Crippen LogP contribution in [-0.2, 0) is 0 Å². The van der Waals surface area contributed by atoms with Gasteiger partial charge in [-0.1, -0.05) is 120 Å². The van der Waals surface area contributed by atoms with Crippen LogP contribution in [0.2, 0.25) is 0 Å². The van der Waals surface area contributed by atoms with Crippen molar-refractivity contribution in [3.8, 4) is 0 Å². The van der Waals surface area contributed by atoms with E-state index in [0.717, 1.165) is 11.0 Å². The van der Waals surface area contributed by atoms with Crippen LogP contribution >= 0.6 is 0 Å². The van der Waals surface area contributed by atoms with Crippen LogP contribution < -0.4 is 0 Å². The largest absolute Gasteiger partial charge is 0.325 e. The molecule has 1 aromatic rings. The Labute approximate surface area is 176 Å². The normalized spacial score (nSPS) is 12.1. The predicted octanol–water partition coefficient (Wildman–Crippen LogP) is 8.26. The van der Waals surface area contributed by atoms with Crippen LogP contribution in [0.15, 0.2) is 36.4 Å². The molecule has 0 N–H and O–H groups in total. The molecule has 0 amide bonds. The average Bonchev–Trinajstić information content (AvgIpc) is 2.69. The van der Waals surface area contributed by atoms with Crippen molar-refractivity contribution < 1.29 is 4.48 Å². The van der Waals surface area contributed by atoms with Crippen molar-refractivity contribution in [1.82, 2.24) is 0 Å². The van der Waals surface area contributed by atoms with Crippen molar-refractivity contribution in [2.75, 3.05) is 27.2 Å². The molecule has 0 aliphatic rings. The van der Waals surface area contributed by atoms with Gasteiger partial charge in [-0.2, -0.15) is 0 Å². The van der Waals surface area contributed by atoms with E-state index in [1.807, 2.05) is 0 Å². The molecule has 0 unspecified atom stereocenters. The van der Waals surface area contributed by atoms with E-state index >= 15 is 0 Å². The van der Waals surface area contributed by atoms with Crippen LogP contribution in [0.5, 0.6) is 0 Å². The summed E-state index contributed by atoms with van der Waals surface area (Å²) in [6, 6.07) is 10.6. The van der Waals surface area contributed by atoms with E-state index in [0.29, 0.717) is 0 Å². The molecule has 0 heterocycles. The van der Waals surface area contributed by atoms with Gasteiger partial charge in [-0.15, -0.1) is 0 Å². The predicted molar refractivity (Wildman–Crippen MR) is 128 cm³/mol. The van der Waals surface area contributed by atoms with Gasteiger partial charge in [0.05, 0.1) is 27.2 Å². The number of unbranched alkanes of at least 4 members (excludes halogenated alkanes) is 13. The molecule has 0 saturated carbocycles. The van der Waals surface area contributed by atoms with Gasteiger partial charge < -0.3 is 4.48 Å². The van der Waals surface area contributed by atoms with Gasteiger partial charge in [0.25, 0.3) is 0 Å². The lowest BCUT2D eigenvalue weighted by atomic mass is 10.0. The number of rotatable bonds is 18. The Balaban J connectivity index is 1.90. The van der Waals surface area contributed by atoms with Gasteiger partial charge in [0.2, 0.25) is 0 Å². The first-order chi connectivity index (χ1) is 13.6. The number of hydrogen-bond donors (Lipinski definition) is 0. The lowest BCUT2D eigenvalue weighted by Crippen LogP contribution is -2.40. The van der Waals surface area contributed by atoms with Gasteiger partial charge >= 0.3 is 0 Å². The summed E-state index contributed by atoms with van der Waals surface area (Å²) in [7, 11) is 4.72. The molecule has 0 spiro atoms. The lowest BCUT2D eigenvalue weighted by molar-refractivity contribution is -0.884. The first kappa shape index (κ1) is 25.0. The summed E-state index contributed by atoms with van der Waals surface area (Å²) in [5.41, 5.74) is 1.30. The molecular weight excluding hydrogens is 338 g/mol. The molecule has 28 heavy (non-hydrogen) atoms. The highest BCUT2D eigenvalue weighted by Crippen LogP contribution is 2.13. The van der Waals surface area contributed by atoms with Crippen LogP contribution in [0.1, 0.15) is 102 Å². The molecule has 0 bridgehead atoms. The van der Waals surface area contributed by atoms with E-state index in [1.54, 1.807) is 0 Å². The van der Waals surface area contributed by atoms with Crippen LogP contribution in [0.4, 0.5) is 0 Å². The highest BCUT2D eigenvalue weighted by atomic mass is 15.3. The van der Waals surface area contributed by atoms with Crippen molar-refractivity contribution in [2.24, 2.45) is 0 Å². The van der Waals surface area contributed by atoms with E-state index < -0.39 is 0 Å². The summed E-state index contributed by atoms with van der Waals surface area (Å²) in [5.74, 6) is 0. The molecular formula is C27H48N+. The maximum atomic E-state index is 2.36. The molecule has 0 aromatic heterocycles. The summed E-state index contributed by atoms with van der Waals surface area (Å²) in [6.07, 6.45) is 24.7. The molecule has 1 heteroatoms. The zero-order valence-corrected chi connectivity index (χ0v) is 19.3. The Bertz CT molecular complexity index is 474. The second-order valence-electron chi connectivity index (χ2n) is 9.25. The van der Waals surface area contributed by atoms with Crippen molar-refractivity contribution in [3.05, 3.63) is 42.0 Å². The topological polar surface area (TPSA) is 0 Å². The van der Waals surface area contributed by atoms with Crippen molar-refractivity contribution in [1.29, 1.82) is 0 Å². The first-order valence-electron chi connectivity index (χ1n) is 12.2. The van der Waals surface area contributed by atoms with Crippen LogP contribution in [-0.4, -0.2) is 31.7 Å². The average molecular weight is 387 g/mol. The smallest absolute Gasteiger partial charge is 0.0972 e. The van der Waals surface area contributed by atoms with E-state index in [4.69, 9.17) is 0 Å². The summed E-state index contributed by atoms with van der Waals surface area (Å²) in [5, 5.41) is 0. The van der Waals surface area contributed by atoms with Gasteiger partial charge in [0, 0.05) is 0 Å². The summed E-state index contributed by atoms with van der Waals surface area (Å²) >= 11 is 0. The van der Waals surface area contributed by atoms with Crippen molar-refractivity contribution in [3.63, 3.8) is 0 Å². The second kappa shape index (κ2) is 16.8. The number of hydrogen-bond acceptors (Lipinski definition) is 0. The number of quaternary nitrogens is 1. The summed E-state index contributed by atoms with van der Waals surface area (Å²) in [6.45, 7) is 4.70. The van der Waals surface area contributed by atoms with Crippen LogP contribution in [0, 0.1) is 0 Å². The van der Waals surface area contributed by atoms with Crippen LogP contribution in [0.3, 0.4) is 0 Å². The monoisotopic (exact) mass is 386 g/mol. The molecule has 0 atom stereocenters. The molecule has 0 aliphatic carbocycles. The molecule has 0 fully saturated rings. The van der Waals surface area contributed by atoms with E-state index in [-0.39, 0.29) is 0 Å². The van der Waals surface area contributed by atoms with Crippen molar-refractivity contribution >= 4 is 6.08 Å². The van der Waals surface area contributed by atoms with E-state index in [1.165, 1.54) is 102 Å². The number of likely N-dealkylation sites (N-methyl/N-ethyl adjacent to an activating group) is 1. The van der Waals surface area contributed by atoms with Gasteiger partial charge in [-0.25, -0.2) is 0 Å². The Morgan fingerprint density at radius 2 is 1.11 bits per heavy atom. The molecule has 0 saturated heterocycles. The third-order valence-corrected chi connectivity index (χ3v) is 5.83. The quantitative estimate of drug-likeness (QED) is 0.176. The second-order valence-corrected chi connectivity index (χ2v) is 9.25. The molecule has 0 radical (unpaired) electrons. The minimum absolute atomic E-state index is 1.10. The molecule has 1 rings (SSSR count). The number of nitrogens with zero attached hydrogens (tertiary/aromatic N) is 1. The van der Waals surface area contributed by atoms with E-state index in [9.17, 15) is 0 Å². The SMILES string of the molecule is CCCCCCCCCCCCCCCC[N+](C)(C)CC=Cc1ccccc1. The maximum Gasteiger partial charge on any atom is 0.0972 e. The Morgan fingerprint density at radius 1 is 0.643 bits per heavy atom. The minimum atomic E-state index is 1.10. The summed E-state index contributed by atoms with van der Waals surface area (Å²) < 4.78 is 1.10.